The fourth-order valence-corrected chi connectivity index (χ4v) is 4.60. The number of hydrogen-bond acceptors (Lipinski definition) is 8. The molecule has 0 spiro atoms. The minimum absolute atomic E-state index is 0.0862. The molecule has 0 saturated heterocycles. The Morgan fingerprint density at radius 1 is 0.698 bits per heavy atom. The van der Waals surface area contributed by atoms with Crippen LogP contribution >= 0.6 is 15.9 Å². The third-order valence-electron chi connectivity index (χ3n) is 6.19. The van der Waals surface area contributed by atoms with E-state index in [4.69, 9.17) is 28.4 Å². The summed E-state index contributed by atoms with van der Waals surface area (Å²) in [6, 6.07) is 13.6. The minimum Gasteiger partial charge on any atom is -0.488 e. The zero-order valence-corrected chi connectivity index (χ0v) is 27.0. The number of carbonyl (C=O) groups excluding carboxylic acids is 2. The highest BCUT2D eigenvalue weighted by atomic mass is 79.9. The van der Waals surface area contributed by atoms with E-state index in [-0.39, 0.29) is 51.2 Å². The topological polar surface area (TPSA) is 89.5 Å². The Hall–Kier alpha value is -3.40. The molecule has 0 aliphatic carbocycles. The molecule has 3 rings (SSSR count). The van der Waals surface area contributed by atoms with E-state index >= 15 is 0 Å². The highest BCUT2D eigenvalue weighted by Gasteiger charge is 2.22. The lowest BCUT2D eigenvalue weighted by atomic mass is 10.0. The quantitative estimate of drug-likeness (QED) is 0.0798. The molecule has 232 valence electrons. The van der Waals surface area contributed by atoms with Crippen LogP contribution < -0.4 is 9.47 Å². The van der Waals surface area contributed by atoms with Gasteiger partial charge < -0.3 is 28.4 Å². The van der Waals surface area contributed by atoms with Crippen molar-refractivity contribution < 1.29 is 38.0 Å². The molecule has 0 aliphatic rings. The molecular formula is C34H41BrO8. The van der Waals surface area contributed by atoms with E-state index < -0.39 is 12.2 Å². The summed E-state index contributed by atoms with van der Waals surface area (Å²) in [5.74, 6) is 0.580. The molecule has 0 radical (unpaired) electrons. The maximum absolute atomic E-state index is 12.1. The van der Waals surface area contributed by atoms with Crippen LogP contribution in [0, 0.1) is 0 Å². The lowest BCUT2D eigenvalue weighted by molar-refractivity contribution is -0.154. The molecule has 8 nitrogen and oxygen atoms in total. The molecule has 0 saturated carbocycles. The molecular weight excluding hydrogens is 616 g/mol. The van der Waals surface area contributed by atoms with Gasteiger partial charge in [-0.25, -0.2) is 0 Å². The maximum atomic E-state index is 12.1. The normalized spacial score (nSPS) is 12.5. The van der Waals surface area contributed by atoms with E-state index in [1.54, 1.807) is 13.8 Å². The van der Waals surface area contributed by atoms with E-state index in [1.807, 2.05) is 56.3 Å². The van der Waals surface area contributed by atoms with E-state index in [2.05, 4.69) is 29.1 Å². The van der Waals surface area contributed by atoms with Gasteiger partial charge in [0.05, 0.1) is 26.4 Å². The summed E-state index contributed by atoms with van der Waals surface area (Å²) in [6.45, 7) is 16.2. The summed E-state index contributed by atoms with van der Waals surface area (Å²) in [7, 11) is 0. The van der Waals surface area contributed by atoms with Crippen molar-refractivity contribution in [3.05, 3.63) is 71.2 Å². The van der Waals surface area contributed by atoms with Crippen molar-refractivity contribution in [2.45, 2.75) is 52.7 Å². The van der Waals surface area contributed by atoms with Crippen LogP contribution in [0.25, 0.3) is 21.5 Å². The van der Waals surface area contributed by atoms with Crippen molar-refractivity contribution >= 4 is 49.4 Å². The summed E-state index contributed by atoms with van der Waals surface area (Å²) in [6.07, 6.45) is -0.734. The molecule has 2 atom stereocenters. The molecule has 0 fully saturated rings. The van der Waals surface area contributed by atoms with Crippen molar-refractivity contribution in [3.63, 3.8) is 0 Å². The zero-order valence-electron chi connectivity index (χ0n) is 25.4. The van der Waals surface area contributed by atoms with E-state index in [0.717, 1.165) is 37.2 Å². The van der Waals surface area contributed by atoms with Crippen LogP contribution in [0.2, 0.25) is 0 Å². The first-order valence-electron chi connectivity index (χ1n) is 14.4. The van der Waals surface area contributed by atoms with Gasteiger partial charge in [-0.2, -0.15) is 0 Å². The van der Waals surface area contributed by atoms with Crippen LogP contribution in [-0.2, 0) is 28.5 Å². The number of benzene rings is 3. The average Bonchev–Trinajstić information content (AvgIpc) is 2.97. The van der Waals surface area contributed by atoms with Gasteiger partial charge >= 0.3 is 11.9 Å². The largest absolute Gasteiger partial charge is 0.488 e. The van der Waals surface area contributed by atoms with Gasteiger partial charge in [0, 0.05) is 38.9 Å². The van der Waals surface area contributed by atoms with Gasteiger partial charge in [-0.1, -0.05) is 78.3 Å². The standard InChI is InChI=1S/C34H41BrO8/c1-7-31(36)42-25(18-38-16-22(3)4)20-40-33-27-11-9-10-12-28(27)34(30-15-24(35)13-14-29(30)33)41-21-26(43-32(37)8-2)19-39-17-23(5)6/h9-15,25-26H,3,5,7-8,16-21H2,1-2,4,6H3. The number of carbonyl (C=O) groups is 2. The second-order valence-corrected chi connectivity index (χ2v) is 11.3. The smallest absolute Gasteiger partial charge is 0.305 e. The number of hydrogen-bond donors (Lipinski definition) is 0. The number of rotatable bonds is 18. The predicted octanol–water partition coefficient (Wildman–Crippen LogP) is 7.34. The SMILES string of the molecule is C=C(C)COCC(COc1c2ccccc2c(OCC(COCC(=C)C)OC(=O)CC)c2cc(Br)ccc12)OC(=O)CC. The maximum Gasteiger partial charge on any atom is 0.305 e. The lowest BCUT2D eigenvalue weighted by Crippen LogP contribution is -2.30. The monoisotopic (exact) mass is 656 g/mol. The van der Waals surface area contributed by atoms with Gasteiger partial charge in [0.2, 0.25) is 0 Å². The van der Waals surface area contributed by atoms with Crippen molar-refractivity contribution in [3.8, 4) is 11.5 Å². The van der Waals surface area contributed by atoms with Gasteiger partial charge in [-0.3, -0.25) is 9.59 Å². The Morgan fingerprint density at radius 2 is 1.14 bits per heavy atom. The fourth-order valence-electron chi connectivity index (χ4n) is 4.24. The van der Waals surface area contributed by atoms with Crippen LogP contribution in [0.15, 0.2) is 71.2 Å². The lowest BCUT2D eigenvalue weighted by Gasteiger charge is -2.23. The number of esters is 2. The molecule has 0 aliphatic heterocycles. The van der Waals surface area contributed by atoms with Crippen molar-refractivity contribution in [2.24, 2.45) is 0 Å². The minimum atomic E-state index is -0.614. The van der Waals surface area contributed by atoms with Crippen molar-refractivity contribution in [1.29, 1.82) is 0 Å². The summed E-state index contributed by atoms with van der Waals surface area (Å²) in [5.41, 5.74) is 1.74. The Morgan fingerprint density at radius 3 is 1.58 bits per heavy atom. The molecule has 0 amide bonds. The molecule has 0 bridgehead atoms. The van der Waals surface area contributed by atoms with Gasteiger partial charge in [0.1, 0.15) is 24.7 Å². The third kappa shape index (κ3) is 10.4. The molecule has 0 N–H and O–H groups in total. The first-order chi connectivity index (χ1) is 20.6. The third-order valence-corrected chi connectivity index (χ3v) is 6.69. The molecule has 2 unspecified atom stereocenters. The van der Waals surface area contributed by atoms with Gasteiger partial charge in [0.15, 0.2) is 12.2 Å². The Kier molecular flexibility index (Phi) is 13.5. The summed E-state index contributed by atoms with van der Waals surface area (Å²) in [4.78, 5) is 24.3. The molecule has 0 heterocycles. The van der Waals surface area contributed by atoms with Crippen molar-refractivity contribution in [2.75, 3.05) is 39.6 Å². The second kappa shape index (κ2) is 17.0. The van der Waals surface area contributed by atoms with E-state index in [0.29, 0.717) is 24.7 Å². The van der Waals surface area contributed by atoms with Crippen LogP contribution in [0.3, 0.4) is 0 Å². The number of ether oxygens (including phenoxy) is 6. The molecule has 0 aromatic heterocycles. The number of halogens is 1. The molecule has 3 aromatic rings. The Bertz CT molecular complexity index is 1430. The second-order valence-electron chi connectivity index (χ2n) is 10.4. The highest BCUT2D eigenvalue weighted by Crippen LogP contribution is 2.43. The summed E-state index contributed by atoms with van der Waals surface area (Å²) in [5, 5.41) is 3.23. The van der Waals surface area contributed by atoms with Crippen LogP contribution in [0.4, 0.5) is 0 Å². The fraction of sp³-hybridized carbons (Fsp3) is 0.412. The van der Waals surface area contributed by atoms with Crippen LogP contribution in [0.5, 0.6) is 11.5 Å². The van der Waals surface area contributed by atoms with Gasteiger partial charge in [-0.15, -0.1) is 0 Å². The average molecular weight is 658 g/mol. The predicted molar refractivity (Wildman–Crippen MR) is 172 cm³/mol. The van der Waals surface area contributed by atoms with Gasteiger partial charge in [-0.05, 0) is 32.0 Å². The van der Waals surface area contributed by atoms with Crippen LogP contribution in [0.1, 0.15) is 40.5 Å². The van der Waals surface area contributed by atoms with Gasteiger partial charge in [0.25, 0.3) is 0 Å². The van der Waals surface area contributed by atoms with Crippen LogP contribution in [-0.4, -0.2) is 63.8 Å². The zero-order chi connectivity index (χ0) is 31.4. The summed E-state index contributed by atoms with van der Waals surface area (Å²) >= 11 is 3.59. The highest BCUT2D eigenvalue weighted by molar-refractivity contribution is 9.10. The molecule has 43 heavy (non-hydrogen) atoms. The Balaban J connectivity index is 1.97. The first kappa shape index (κ1) is 34.1. The molecule has 9 heteroatoms. The first-order valence-corrected chi connectivity index (χ1v) is 15.1. The number of fused-ring (bicyclic) bond motifs is 2. The summed E-state index contributed by atoms with van der Waals surface area (Å²) < 4.78 is 36.3. The Labute approximate surface area is 262 Å². The van der Waals surface area contributed by atoms with E-state index in [1.165, 1.54) is 0 Å². The molecule has 3 aromatic carbocycles. The van der Waals surface area contributed by atoms with Crippen molar-refractivity contribution in [1.82, 2.24) is 0 Å². The van der Waals surface area contributed by atoms with E-state index in [9.17, 15) is 9.59 Å².